The molecule has 0 heterocycles. The van der Waals surface area contributed by atoms with Gasteiger partial charge in [0.25, 0.3) is 0 Å². The van der Waals surface area contributed by atoms with Gasteiger partial charge in [-0.25, -0.2) is 0 Å². The molecular weight excluding hydrogens is 300 g/mol. The van der Waals surface area contributed by atoms with Crippen LogP contribution in [0.4, 0.5) is 0 Å². The fraction of sp³-hybridized carbons (Fsp3) is 0.714. The maximum atomic E-state index is 12.6. The second-order valence-electron chi connectivity index (χ2n) is 9.07. The summed E-state index contributed by atoms with van der Waals surface area (Å²) in [5.41, 5.74) is 1.18. The van der Waals surface area contributed by atoms with Crippen molar-refractivity contribution in [1.82, 2.24) is 0 Å². The van der Waals surface area contributed by atoms with Gasteiger partial charge in [-0.15, -0.1) is 0 Å². The molecule has 0 aliphatic heterocycles. The third-order valence-electron chi connectivity index (χ3n) is 7.91. The van der Waals surface area contributed by atoms with E-state index >= 15 is 0 Å². The molecule has 24 heavy (non-hydrogen) atoms. The van der Waals surface area contributed by atoms with Crippen molar-refractivity contribution in [2.45, 2.75) is 59.0 Å². The van der Waals surface area contributed by atoms with Crippen molar-refractivity contribution in [1.29, 1.82) is 0 Å². The first-order chi connectivity index (χ1) is 11.3. The molecule has 2 saturated carbocycles. The van der Waals surface area contributed by atoms with Crippen LogP contribution in [-0.4, -0.2) is 22.8 Å². The SMILES string of the molecule is CC(O)C1C(=O)CC2C3C=CC4=CC(=O)CCC4(C)C3CCC21C. The van der Waals surface area contributed by atoms with Crippen LogP contribution in [0, 0.1) is 34.5 Å². The van der Waals surface area contributed by atoms with Crippen LogP contribution in [0.25, 0.3) is 0 Å². The molecule has 0 aromatic rings. The lowest BCUT2D eigenvalue weighted by Crippen LogP contribution is -2.50. The van der Waals surface area contributed by atoms with Gasteiger partial charge >= 0.3 is 0 Å². The van der Waals surface area contributed by atoms with Crippen LogP contribution in [0.1, 0.15) is 52.9 Å². The molecule has 0 aromatic heterocycles. The molecule has 130 valence electrons. The molecule has 4 rings (SSSR count). The number of hydrogen-bond donors (Lipinski definition) is 1. The number of carbonyl (C=O) groups is 2. The van der Waals surface area contributed by atoms with Crippen molar-refractivity contribution in [2.24, 2.45) is 34.5 Å². The first kappa shape index (κ1) is 16.3. The van der Waals surface area contributed by atoms with Gasteiger partial charge in [0.15, 0.2) is 5.78 Å². The van der Waals surface area contributed by atoms with E-state index in [0.29, 0.717) is 30.6 Å². The predicted molar refractivity (Wildman–Crippen MR) is 92.2 cm³/mol. The average molecular weight is 328 g/mol. The van der Waals surface area contributed by atoms with Crippen molar-refractivity contribution in [3.8, 4) is 0 Å². The summed E-state index contributed by atoms with van der Waals surface area (Å²) in [5, 5.41) is 10.2. The average Bonchev–Trinajstić information content (AvgIpc) is 2.78. The molecule has 4 aliphatic rings. The summed E-state index contributed by atoms with van der Waals surface area (Å²) in [6.45, 7) is 6.31. The number of rotatable bonds is 1. The van der Waals surface area contributed by atoms with E-state index in [4.69, 9.17) is 0 Å². The number of allylic oxidation sites excluding steroid dienone is 4. The van der Waals surface area contributed by atoms with Crippen LogP contribution in [0.2, 0.25) is 0 Å². The molecule has 3 heteroatoms. The first-order valence-electron chi connectivity index (χ1n) is 9.41. The topological polar surface area (TPSA) is 54.4 Å². The lowest BCUT2D eigenvalue weighted by Gasteiger charge is -2.55. The minimum Gasteiger partial charge on any atom is -0.393 e. The van der Waals surface area contributed by atoms with Gasteiger partial charge < -0.3 is 5.11 Å². The van der Waals surface area contributed by atoms with Crippen molar-refractivity contribution in [3.63, 3.8) is 0 Å². The van der Waals surface area contributed by atoms with Gasteiger partial charge in [-0.1, -0.05) is 26.0 Å². The molecule has 1 N–H and O–H groups in total. The molecule has 0 bridgehead atoms. The second kappa shape index (κ2) is 5.14. The second-order valence-corrected chi connectivity index (χ2v) is 9.07. The fourth-order valence-corrected chi connectivity index (χ4v) is 6.65. The molecular formula is C21H28O3. The number of aliphatic hydroxyl groups is 1. The monoisotopic (exact) mass is 328 g/mol. The van der Waals surface area contributed by atoms with E-state index in [9.17, 15) is 14.7 Å². The number of Topliss-reactive ketones (excluding diaryl/α,β-unsaturated/α-hetero) is 1. The minimum atomic E-state index is -0.560. The van der Waals surface area contributed by atoms with Gasteiger partial charge in [-0.05, 0) is 66.4 Å². The number of fused-ring (bicyclic) bond motifs is 5. The standard InChI is InChI=1S/C21H28O3/c1-12(22)19-18(24)11-17-15-5-4-13-10-14(23)6-8-20(13,2)16(15)7-9-21(17,19)3/h4-5,10,12,15-17,19,22H,6-9,11H2,1-3H3. The third-order valence-corrected chi connectivity index (χ3v) is 7.91. The van der Waals surface area contributed by atoms with E-state index in [-0.39, 0.29) is 28.3 Å². The third kappa shape index (κ3) is 2.00. The lowest BCUT2D eigenvalue weighted by atomic mass is 9.48. The van der Waals surface area contributed by atoms with E-state index in [2.05, 4.69) is 26.0 Å². The van der Waals surface area contributed by atoms with Gasteiger partial charge in [0.05, 0.1) is 6.10 Å². The number of ketones is 2. The molecule has 0 saturated heterocycles. The van der Waals surface area contributed by atoms with Gasteiger partial charge in [-0.3, -0.25) is 9.59 Å². The van der Waals surface area contributed by atoms with Gasteiger partial charge in [0.1, 0.15) is 5.78 Å². The Labute approximate surface area is 144 Å². The first-order valence-corrected chi connectivity index (χ1v) is 9.41. The predicted octanol–water partition coefficient (Wildman–Crippen LogP) is 3.47. The summed E-state index contributed by atoms with van der Waals surface area (Å²) in [6.07, 6.45) is 9.99. The summed E-state index contributed by atoms with van der Waals surface area (Å²) in [7, 11) is 0. The van der Waals surface area contributed by atoms with Gasteiger partial charge in [0.2, 0.25) is 0 Å². The van der Waals surface area contributed by atoms with Crippen LogP contribution in [0.3, 0.4) is 0 Å². The molecule has 7 unspecified atom stereocenters. The quantitative estimate of drug-likeness (QED) is 0.802. The largest absolute Gasteiger partial charge is 0.393 e. The number of aliphatic hydroxyl groups excluding tert-OH is 1. The molecule has 0 aromatic carbocycles. The molecule has 0 amide bonds. The van der Waals surface area contributed by atoms with Crippen LogP contribution >= 0.6 is 0 Å². The van der Waals surface area contributed by atoms with Gasteiger partial charge in [0, 0.05) is 18.8 Å². The summed E-state index contributed by atoms with van der Waals surface area (Å²) in [5.74, 6) is 1.52. The van der Waals surface area contributed by atoms with E-state index in [1.807, 2.05) is 6.08 Å². The Hall–Kier alpha value is -1.22. The smallest absolute Gasteiger partial charge is 0.156 e. The maximum Gasteiger partial charge on any atom is 0.156 e. The molecule has 3 nitrogen and oxygen atoms in total. The van der Waals surface area contributed by atoms with E-state index in [1.54, 1.807) is 6.92 Å². The lowest BCUT2D eigenvalue weighted by molar-refractivity contribution is -0.127. The van der Waals surface area contributed by atoms with Crippen LogP contribution < -0.4 is 0 Å². The summed E-state index contributed by atoms with van der Waals surface area (Å²) in [4.78, 5) is 24.5. The van der Waals surface area contributed by atoms with Crippen molar-refractivity contribution >= 4 is 11.6 Å². The number of carbonyl (C=O) groups excluding carboxylic acids is 2. The van der Waals surface area contributed by atoms with Gasteiger partial charge in [-0.2, -0.15) is 0 Å². The maximum absolute atomic E-state index is 12.6. The van der Waals surface area contributed by atoms with E-state index in [0.717, 1.165) is 19.3 Å². The molecule has 0 spiro atoms. The Balaban J connectivity index is 1.74. The minimum absolute atomic E-state index is 0.0701. The highest BCUT2D eigenvalue weighted by Crippen LogP contribution is 2.64. The zero-order valence-electron chi connectivity index (χ0n) is 14.9. The summed E-state index contributed by atoms with van der Waals surface area (Å²) >= 11 is 0. The Morgan fingerprint density at radius 2 is 1.96 bits per heavy atom. The Morgan fingerprint density at radius 3 is 2.67 bits per heavy atom. The highest BCUT2D eigenvalue weighted by molar-refractivity contribution is 5.92. The molecule has 0 radical (unpaired) electrons. The van der Waals surface area contributed by atoms with E-state index in [1.165, 1.54) is 5.57 Å². The summed E-state index contributed by atoms with van der Waals surface area (Å²) in [6, 6.07) is 0. The Kier molecular flexibility index (Phi) is 3.48. The zero-order chi connectivity index (χ0) is 17.3. The normalized spacial score (nSPS) is 48.4. The highest BCUT2D eigenvalue weighted by atomic mass is 16.3. The Morgan fingerprint density at radius 1 is 1.21 bits per heavy atom. The molecule has 2 fully saturated rings. The summed E-state index contributed by atoms with van der Waals surface area (Å²) < 4.78 is 0. The fourth-order valence-electron chi connectivity index (χ4n) is 6.65. The Bertz CT molecular complexity index is 658. The van der Waals surface area contributed by atoms with Crippen molar-refractivity contribution in [3.05, 3.63) is 23.8 Å². The molecule has 4 aliphatic carbocycles. The van der Waals surface area contributed by atoms with Crippen LogP contribution in [-0.2, 0) is 9.59 Å². The van der Waals surface area contributed by atoms with E-state index < -0.39 is 6.10 Å². The van der Waals surface area contributed by atoms with Crippen LogP contribution in [0.15, 0.2) is 23.8 Å². The van der Waals surface area contributed by atoms with Crippen molar-refractivity contribution < 1.29 is 14.7 Å². The molecule has 7 atom stereocenters. The van der Waals surface area contributed by atoms with Crippen molar-refractivity contribution in [2.75, 3.05) is 0 Å². The highest BCUT2D eigenvalue weighted by Gasteiger charge is 2.61. The number of hydrogen-bond acceptors (Lipinski definition) is 3. The van der Waals surface area contributed by atoms with Crippen LogP contribution in [0.5, 0.6) is 0 Å². The zero-order valence-corrected chi connectivity index (χ0v) is 14.9.